The summed E-state index contributed by atoms with van der Waals surface area (Å²) in [5.74, 6) is 6.78. The van der Waals surface area contributed by atoms with Gasteiger partial charge in [-0.1, -0.05) is 27.7 Å². The molecule has 0 unspecified atom stereocenters. The Morgan fingerprint density at radius 3 is 2.37 bits per heavy atom. The maximum absolute atomic E-state index is 5.48. The highest BCUT2D eigenvalue weighted by Gasteiger charge is 2.64. The quantitative estimate of drug-likeness (QED) is 0.215. The van der Waals surface area contributed by atoms with Crippen LogP contribution in [0.25, 0.3) is 0 Å². The Morgan fingerprint density at radius 1 is 1.26 bits per heavy atom. The van der Waals surface area contributed by atoms with E-state index in [2.05, 4.69) is 43.4 Å². The third-order valence-electron chi connectivity index (χ3n) is 4.85. The molecule has 0 radical (unpaired) electrons. The normalized spacial score (nSPS) is 21.3. The van der Waals surface area contributed by atoms with Crippen LogP contribution in [0.1, 0.15) is 41.0 Å². The zero-order chi connectivity index (χ0) is 14.5. The van der Waals surface area contributed by atoms with Crippen LogP contribution in [0.15, 0.2) is 4.99 Å². The molecule has 112 valence electrons. The van der Waals surface area contributed by atoms with Crippen molar-refractivity contribution < 1.29 is 4.74 Å². The molecule has 0 amide bonds. The Hall–Kier alpha value is -0.810. The topological polar surface area (TPSA) is 71.7 Å². The minimum Gasteiger partial charge on any atom is -0.382 e. The minimum atomic E-state index is 0.366. The maximum Gasteiger partial charge on any atom is 0.205 e. The van der Waals surface area contributed by atoms with E-state index in [9.17, 15) is 0 Å². The molecule has 0 heterocycles. The van der Waals surface area contributed by atoms with Crippen LogP contribution < -0.4 is 16.6 Å². The first-order chi connectivity index (χ1) is 8.87. The van der Waals surface area contributed by atoms with Crippen LogP contribution in [0.3, 0.4) is 0 Å². The summed E-state index contributed by atoms with van der Waals surface area (Å²) in [5, 5.41) is 3.20. The highest BCUT2D eigenvalue weighted by atomic mass is 16.5. The van der Waals surface area contributed by atoms with Gasteiger partial charge in [-0.2, -0.15) is 0 Å². The minimum absolute atomic E-state index is 0.366. The van der Waals surface area contributed by atoms with Gasteiger partial charge in [0.15, 0.2) is 0 Å². The van der Waals surface area contributed by atoms with E-state index in [0.29, 0.717) is 22.7 Å². The van der Waals surface area contributed by atoms with Gasteiger partial charge in [0, 0.05) is 26.3 Å². The summed E-state index contributed by atoms with van der Waals surface area (Å²) < 4.78 is 5.28. The smallest absolute Gasteiger partial charge is 0.205 e. The van der Waals surface area contributed by atoms with Crippen LogP contribution in [0, 0.1) is 16.7 Å². The molecule has 0 saturated heterocycles. The largest absolute Gasteiger partial charge is 0.382 e. The molecular weight excluding hydrogens is 240 g/mol. The highest BCUT2D eigenvalue weighted by Crippen LogP contribution is 2.68. The molecule has 1 aliphatic carbocycles. The van der Waals surface area contributed by atoms with E-state index in [1.165, 1.54) is 0 Å². The molecule has 1 saturated carbocycles. The summed E-state index contributed by atoms with van der Waals surface area (Å²) in [6, 6.07) is 0. The molecule has 5 heteroatoms. The van der Waals surface area contributed by atoms with Gasteiger partial charge in [0.25, 0.3) is 0 Å². The summed E-state index contributed by atoms with van der Waals surface area (Å²) in [5.41, 5.74) is 3.36. The predicted octanol–water partition coefficient (Wildman–Crippen LogP) is 1.50. The Kier molecular flexibility index (Phi) is 5.62. The first-order valence-corrected chi connectivity index (χ1v) is 7.20. The van der Waals surface area contributed by atoms with E-state index in [4.69, 9.17) is 10.6 Å². The molecule has 0 atom stereocenters. The molecular formula is C14H30N4O. The van der Waals surface area contributed by atoms with Crippen LogP contribution in [-0.4, -0.2) is 32.3 Å². The Balaban J connectivity index is 2.30. The van der Waals surface area contributed by atoms with Crippen LogP contribution in [0.2, 0.25) is 0 Å². The maximum atomic E-state index is 5.48. The van der Waals surface area contributed by atoms with Crippen molar-refractivity contribution in [2.45, 2.75) is 41.0 Å². The molecule has 19 heavy (non-hydrogen) atoms. The van der Waals surface area contributed by atoms with Crippen molar-refractivity contribution in [2.24, 2.45) is 27.6 Å². The fourth-order valence-corrected chi connectivity index (χ4v) is 2.65. The average Bonchev–Trinajstić information content (AvgIpc) is 2.74. The number of hydrogen-bond donors (Lipinski definition) is 3. The second-order valence-corrected chi connectivity index (χ2v) is 6.31. The molecule has 1 rings (SSSR count). The van der Waals surface area contributed by atoms with Crippen molar-refractivity contribution in [3.8, 4) is 0 Å². The Labute approximate surface area is 117 Å². The van der Waals surface area contributed by atoms with Crippen LogP contribution in [-0.2, 0) is 4.74 Å². The van der Waals surface area contributed by atoms with Crippen molar-refractivity contribution >= 4 is 5.96 Å². The van der Waals surface area contributed by atoms with Gasteiger partial charge in [-0.25, -0.2) is 5.84 Å². The summed E-state index contributed by atoms with van der Waals surface area (Å²) in [4.78, 5) is 4.54. The van der Waals surface area contributed by atoms with E-state index < -0.39 is 0 Å². The van der Waals surface area contributed by atoms with Crippen LogP contribution in [0.4, 0.5) is 0 Å². The Morgan fingerprint density at radius 2 is 1.89 bits per heavy atom. The number of aliphatic imine (C=N–C) groups is 1. The second-order valence-electron chi connectivity index (χ2n) is 6.31. The van der Waals surface area contributed by atoms with Crippen molar-refractivity contribution in [2.75, 3.05) is 26.3 Å². The molecule has 0 spiro atoms. The van der Waals surface area contributed by atoms with Crippen molar-refractivity contribution in [1.82, 2.24) is 10.7 Å². The Bertz CT molecular complexity index is 299. The third-order valence-corrected chi connectivity index (χ3v) is 4.85. The van der Waals surface area contributed by atoms with Gasteiger partial charge in [-0.3, -0.25) is 10.4 Å². The SMILES string of the molecule is CCOCCCNC(=NCC1C(C)(C)C1(C)C)NN. The number of nitrogens with two attached hydrogens (primary N) is 1. The van der Waals surface area contributed by atoms with Gasteiger partial charge >= 0.3 is 0 Å². The predicted molar refractivity (Wildman–Crippen MR) is 79.8 cm³/mol. The summed E-state index contributed by atoms with van der Waals surface area (Å²) in [7, 11) is 0. The molecule has 0 aliphatic heterocycles. The molecule has 0 aromatic heterocycles. The summed E-state index contributed by atoms with van der Waals surface area (Å²) in [6.45, 7) is 14.4. The fraction of sp³-hybridized carbons (Fsp3) is 0.929. The van der Waals surface area contributed by atoms with Gasteiger partial charge in [0.05, 0.1) is 0 Å². The van der Waals surface area contributed by atoms with E-state index in [1.807, 2.05) is 6.92 Å². The van der Waals surface area contributed by atoms with Gasteiger partial charge < -0.3 is 10.1 Å². The summed E-state index contributed by atoms with van der Waals surface area (Å²) in [6.07, 6.45) is 0.953. The van der Waals surface area contributed by atoms with Crippen molar-refractivity contribution in [3.63, 3.8) is 0 Å². The number of nitrogens with one attached hydrogen (secondary N) is 2. The molecule has 0 aromatic carbocycles. The zero-order valence-corrected chi connectivity index (χ0v) is 13.0. The van der Waals surface area contributed by atoms with Crippen molar-refractivity contribution in [3.05, 3.63) is 0 Å². The number of ether oxygens (including phenoxy) is 1. The van der Waals surface area contributed by atoms with E-state index in [1.54, 1.807) is 0 Å². The zero-order valence-electron chi connectivity index (χ0n) is 13.0. The van der Waals surface area contributed by atoms with Gasteiger partial charge in [0.1, 0.15) is 0 Å². The molecule has 1 aliphatic rings. The number of rotatable bonds is 7. The van der Waals surface area contributed by atoms with E-state index >= 15 is 0 Å². The first-order valence-electron chi connectivity index (χ1n) is 7.20. The monoisotopic (exact) mass is 270 g/mol. The number of hydrogen-bond acceptors (Lipinski definition) is 3. The van der Waals surface area contributed by atoms with Gasteiger partial charge in [0.2, 0.25) is 5.96 Å². The molecule has 1 fully saturated rings. The lowest BCUT2D eigenvalue weighted by atomic mass is 10.0. The van der Waals surface area contributed by atoms with Crippen LogP contribution in [0.5, 0.6) is 0 Å². The highest BCUT2D eigenvalue weighted by molar-refractivity contribution is 5.79. The summed E-state index contributed by atoms with van der Waals surface area (Å²) >= 11 is 0. The third kappa shape index (κ3) is 3.83. The lowest BCUT2D eigenvalue weighted by Crippen LogP contribution is -2.42. The molecule has 0 bridgehead atoms. The lowest BCUT2D eigenvalue weighted by Gasteiger charge is -2.09. The lowest BCUT2D eigenvalue weighted by molar-refractivity contribution is 0.145. The van der Waals surface area contributed by atoms with Gasteiger partial charge in [-0.05, 0) is 30.1 Å². The number of hydrazine groups is 1. The van der Waals surface area contributed by atoms with Crippen LogP contribution >= 0.6 is 0 Å². The second kappa shape index (κ2) is 6.57. The average molecular weight is 270 g/mol. The fourth-order valence-electron chi connectivity index (χ4n) is 2.65. The number of guanidine groups is 1. The number of nitrogens with zero attached hydrogens (tertiary/aromatic N) is 1. The van der Waals surface area contributed by atoms with E-state index in [0.717, 1.165) is 32.7 Å². The first kappa shape index (κ1) is 16.2. The standard InChI is InChI=1S/C14H30N4O/c1-6-19-9-7-8-16-12(18-15)17-10-11-13(2,3)14(11,4)5/h11H,6-10,15H2,1-5H3,(H2,16,17,18). The van der Waals surface area contributed by atoms with E-state index in [-0.39, 0.29) is 0 Å². The molecule has 5 nitrogen and oxygen atoms in total. The van der Waals surface area contributed by atoms with Crippen molar-refractivity contribution in [1.29, 1.82) is 0 Å². The molecule has 4 N–H and O–H groups in total. The molecule has 0 aromatic rings. The van der Waals surface area contributed by atoms with Gasteiger partial charge in [-0.15, -0.1) is 0 Å².